The fourth-order valence-electron chi connectivity index (χ4n) is 1.16. The van der Waals surface area contributed by atoms with Crippen LogP contribution in [0.5, 0.6) is 0 Å². The number of nitrogens with two attached hydrogens (primary N) is 1. The molecule has 0 unspecified atom stereocenters. The van der Waals surface area contributed by atoms with Crippen LogP contribution >= 0.6 is 11.6 Å². The third kappa shape index (κ3) is 3.57. The molecule has 0 heterocycles. The van der Waals surface area contributed by atoms with E-state index < -0.39 is 11.7 Å². The summed E-state index contributed by atoms with van der Waals surface area (Å²) >= 11 is 5.76. The van der Waals surface area contributed by atoms with Crippen molar-refractivity contribution in [2.45, 2.75) is 12.6 Å². The summed E-state index contributed by atoms with van der Waals surface area (Å²) in [5.74, 6) is 0. The Morgan fingerprint density at radius 2 is 2.00 bits per heavy atom. The Labute approximate surface area is 96.6 Å². The Kier molecular flexibility index (Phi) is 4.44. The molecule has 1 rings (SSSR count). The number of hydrogen-bond donors (Lipinski definition) is 2. The van der Waals surface area contributed by atoms with Crippen LogP contribution in [0, 0.1) is 0 Å². The van der Waals surface area contributed by atoms with Crippen LogP contribution in [-0.2, 0) is 6.18 Å². The van der Waals surface area contributed by atoms with Crippen molar-refractivity contribution in [2.75, 3.05) is 18.4 Å². The Hall–Kier alpha value is -0.940. The summed E-state index contributed by atoms with van der Waals surface area (Å²) in [5.41, 5.74) is 4.84. The highest BCUT2D eigenvalue weighted by molar-refractivity contribution is 6.33. The zero-order chi connectivity index (χ0) is 12.2. The number of alkyl halides is 3. The SMILES string of the molecule is NCCCNc1cc(C(F)(F)F)ccc1Cl. The molecule has 0 radical (unpaired) electrons. The van der Waals surface area contributed by atoms with Gasteiger partial charge in [-0.1, -0.05) is 11.6 Å². The summed E-state index contributed by atoms with van der Waals surface area (Å²) in [4.78, 5) is 0. The summed E-state index contributed by atoms with van der Waals surface area (Å²) in [6.45, 7) is 0.973. The number of benzene rings is 1. The minimum atomic E-state index is -4.35. The fraction of sp³-hybridized carbons (Fsp3) is 0.400. The molecule has 16 heavy (non-hydrogen) atoms. The molecule has 1 aromatic rings. The minimum absolute atomic E-state index is 0.269. The van der Waals surface area contributed by atoms with Crippen LogP contribution in [0.2, 0.25) is 5.02 Å². The van der Waals surface area contributed by atoms with E-state index >= 15 is 0 Å². The van der Waals surface area contributed by atoms with Gasteiger partial charge in [-0.05, 0) is 31.2 Å². The molecule has 6 heteroatoms. The minimum Gasteiger partial charge on any atom is -0.384 e. The van der Waals surface area contributed by atoms with Crippen LogP contribution in [0.15, 0.2) is 18.2 Å². The van der Waals surface area contributed by atoms with Crippen LogP contribution in [0.1, 0.15) is 12.0 Å². The van der Waals surface area contributed by atoms with Crippen molar-refractivity contribution in [1.29, 1.82) is 0 Å². The Morgan fingerprint density at radius 3 is 2.56 bits per heavy atom. The quantitative estimate of drug-likeness (QED) is 0.808. The van der Waals surface area contributed by atoms with Crippen LogP contribution in [0.3, 0.4) is 0 Å². The lowest BCUT2D eigenvalue weighted by molar-refractivity contribution is -0.137. The van der Waals surface area contributed by atoms with Gasteiger partial charge in [-0.15, -0.1) is 0 Å². The van der Waals surface area contributed by atoms with Crippen molar-refractivity contribution < 1.29 is 13.2 Å². The molecule has 0 saturated carbocycles. The van der Waals surface area contributed by atoms with Gasteiger partial charge in [-0.2, -0.15) is 13.2 Å². The maximum absolute atomic E-state index is 12.4. The maximum Gasteiger partial charge on any atom is 0.416 e. The van der Waals surface area contributed by atoms with Gasteiger partial charge in [0.2, 0.25) is 0 Å². The highest BCUT2D eigenvalue weighted by atomic mass is 35.5. The standard InChI is InChI=1S/C10H12ClF3N2/c11-8-3-2-7(10(12,13)14)6-9(8)16-5-1-4-15/h2-3,6,16H,1,4-5,15H2. The van der Waals surface area contributed by atoms with E-state index in [1.165, 1.54) is 6.07 Å². The molecule has 0 saturated heterocycles. The summed E-state index contributed by atoms with van der Waals surface area (Å²) in [7, 11) is 0. The van der Waals surface area contributed by atoms with Gasteiger partial charge < -0.3 is 11.1 Å². The first kappa shape index (κ1) is 13.1. The molecule has 90 valence electrons. The lowest BCUT2D eigenvalue weighted by Crippen LogP contribution is -2.10. The van der Waals surface area contributed by atoms with Crippen molar-refractivity contribution >= 4 is 17.3 Å². The lowest BCUT2D eigenvalue weighted by Gasteiger charge is -2.11. The lowest BCUT2D eigenvalue weighted by atomic mass is 10.2. The normalized spacial score (nSPS) is 11.6. The van der Waals surface area contributed by atoms with Gasteiger partial charge in [-0.25, -0.2) is 0 Å². The van der Waals surface area contributed by atoms with E-state index in [1.54, 1.807) is 0 Å². The number of halogens is 4. The predicted octanol–water partition coefficient (Wildman–Crippen LogP) is 3.12. The summed E-state index contributed by atoms with van der Waals surface area (Å²) in [5, 5.41) is 3.08. The van der Waals surface area contributed by atoms with E-state index in [9.17, 15) is 13.2 Å². The first-order chi connectivity index (χ1) is 7.45. The molecule has 1 aromatic carbocycles. The summed E-state index contributed by atoms with van der Waals surface area (Å²) in [6.07, 6.45) is -3.68. The van der Waals surface area contributed by atoms with Crippen molar-refractivity contribution in [3.63, 3.8) is 0 Å². The largest absolute Gasteiger partial charge is 0.416 e. The smallest absolute Gasteiger partial charge is 0.384 e. The first-order valence-electron chi connectivity index (χ1n) is 4.76. The molecule has 0 aromatic heterocycles. The Morgan fingerprint density at radius 1 is 1.31 bits per heavy atom. The number of hydrogen-bond acceptors (Lipinski definition) is 2. The highest BCUT2D eigenvalue weighted by Gasteiger charge is 2.30. The summed E-state index contributed by atoms with van der Waals surface area (Å²) in [6, 6.07) is 3.18. The molecule has 0 spiro atoms. The van der Waals surface area contributed by atoms with Crippen molar-refractivity contribution in [3.05, 3.63) is 28.8 Å². The van der Waals surface area contributed by atoms with Gasteiger partial charge in [0.15, 0.2) is 0 Å². The van der Waals surface area contributed by atoms with Gasteiger partial charge in [0, 0.05) is 6.54 Å². The second-order valence-corrected chi connectivity index (χ2v) is 3.67. The van der Waals surface area contributed by atoms with Gasteiger partial charge >= 0.3 is 6.18 Å². The molecule has 0 aliphatic carbocycles. The zero-order valence-corrected chi connectivity index (χ0v) is 9.20. The maximum atomic E-state index is 12.4. The van der Waals surface area contributed by atoms with E-state index in [1.807, 2.05) is 0 Å². The Bertz CT molecular complexity index is 352. The molecule has 0 bridgehead atoms. The number of nitrogens with one attached hydrogen (secondary N) is 1. The third-order valence-corrected chi connectivity index (χ3v) is 2.32. The van der Waals surface area contributed by atoms with E-state index in [0.29, 0.717) is 19.5 Å². The molecule has 0 aliphatic heterocycles. The molecule has 0 amide bonds. The van der Waals surface area contributed by atoms with Gasteiger partial charge in [-0.3, -0.25) is 0 Å². The van der Waals surface area contributed by atoms with Crippen molar-refractivity contribution in [3.8, 4) is 0 Å². The monoisotopic (exact) mass is 252 g/mol. The zero-order valence-electron chi connectivity index (χ0n) is 8.44. The van der Waals surface area contributed by atoms with Crippen LogP contribution in [0.25, 0.3) is 0 Å². The molecule has 3 N–H and O–H groups in total. The first-order valence-corrected chi connectivity index (χ1v) is 5.13. The average Bonchev–Trinajstić information content (AvgIpc) is 2.19. The van der Waals surface area contributed by atoms with Gasteiger partial charge in [0.05, 0.1) is 16.3 Å². The highest BCUT2D eigenvalue weighted by Crippen LogP contribution is 2.33. The van der Waals surface area contributed by atoms with E-state index in [0.717, 1.165) is 12.1 Å². The van der Waals surface area contributed by atoms with Gasteiger partial charge in [0.25, 0.3) is 0 Å². The van der Waals surface area contributed by atoms with E-state index in [4.69, 9.17) is 17.3 Å². The number of anilines is 1. The fourth-order valence-corrected chi connectivity index (χ4v) is 1.35. The second kappa shape index (κ2) is 5.41. The molecule has 0 fully saturated rings. The summed E-state index contributed by atoms with van der Waals surface area (Å²) < 4.78 is 37.2. The van der Waals surface area contributed by atoms with E-state index in [2.05, 4.69) is 5.32 Å². The number of rotatable bonds is 4. The molecular formula is C10H12ClF3N2. The van der Waals surface area contributed by atoms with Crippen molar-refractivity contribution in [1.82, 2.24) is 0 Å². The Balaban J connectivity index is 2.83. The predicted molar refractivity (Wildman–Crippen MR) is 58.6 cm³/mol. The topological polar surface area (TPSA) is 38.0 Å². The molecule has 0 atom stereocenters. The van der Waals surface area contributed by atoms with Crippen LogP contribution < -0.4 is 11.1 Å². The van der Waals surface area contributed by atoms with Crippen molar-refractivity contribution in [2.24, 2.45) is 5.73 Å². The van der Waals surface area contributed by atoms with E-state index in [-0.39, 0.29) is 10.7 Å². The van der Waals surface area contributed by atoms with Crippen LogP contribution in [0.4, 0.5) is 18.9 Å². The molecular weight excluding hydrogens is 241 g/mol. The molecule has 2 nitrogen and oxygen atoms in total. The second-order valence-electron chi connectivity index (χ2n) is 3.26. The average molecular weight is 253 g/mol. The third-order valence-electron chi connectivity index (χ3n) is 1.99. The van der Waals surface area contributed by atoms with Gasteiger partial charge in [0.1, 0.15) is 0 Å². The molecule has 0 aliphatic rings. The van der Waals surface area contributed by atoms with Crippen LogP contribution in [-0.4, -0.2) is 13.1 Å².